The van der Waals surface area contributed by atoms with Crippen molar-refractivity contribution in [1.29, 1.82) is 0 Å². The van der Waals surface area contributed by atoms with Crippen LogP contribution in [0.3, 0.4) is 0 Å². The third-order valence-corrected chi connectivity index (χ3v) is 6.24. The zero-order valence-corrected chi connectivity index (χ0v) is 19.5. The number of hydrogen-bond acceptors (Lipinski definition) is 3. The Labute approximate surface area is 195 Å². The largest absolute Gasteiger partial charge is 0.383 e. The number of fused-ring (bicyclic) bond motifs is 1. The lowest BCUT2D eigenvalue weighted by Gasteiger charge is -2.20. The van der Waals surface area contributed by atoms with Crippen LogP contribution in [0.4, 0.5) is 0 Å². The second-order valence-electron chi connectivity index (χ2n) is 6.74. The fourth-order valence-corrected chi connectivity index (χ4v) is 4.20. The van der Waals surface area contributed by atoms with E-state index < -0.39 is 6.04 Å². The molecule has 0 bridgehead atoms. The van der Waals surface area contributed by atoms with Gasteiger partial charge in [0.15, 0.2) is 0 Å². The van der Waals surface area contributed by atoms with E-state index >= 15 is 0 Å². The van der Waals surface area contributed by atoms with Gasteiger partial charge in [-0.2, -0.15) is 0 Å². The molecule has 1 atom stereocenters. The van der Waals surface area contributed by atoms with Crippen molar-refractivity contribution >= 4 is 63.3 Å². The van der Waals surface area contributed by atoms with Gasteiger partial charge < -0.3 is 14.6 Å². The van der Waals surface area contributed by atoms with Crippen LogP contribution in [-0.4, -0.2) is 35.7 Å². The van der Waals surface area contributed by atoms with Crippen LogP contribution < -0.4 is 5.32 Å². The predicted molar refractivity (Wildman–Crippen MR) is 123 cm³/mol. The molecule has 0 spiro atoms. The molecular formula is C21H21Cl4N3O2. The number of aromatic nitrogens is 2. The van der Waals surface area contributed by atoms with Gasteiger partial charge in [0, 0.05) is 30.1 Å². The highest BCUT2D eigenvalue weighted by Crippen LogP contribution is 2.33. The minimum absolute atomic E-state index is 0.133. The third kappa shape index (κ3) is 4.87. The van der Waals surface area contributed by atoms with Crippen LogP contribution in [0.5, 0.6) is 0 Å². The fraction of sp³-hybridized carbons (Fsp3) is 0.333. The molecule has 0 saturated heterocycles. The van der Waals surface area contributed by atoms with Gasteiger partial charge in [0.2, 0.25) is 5.91 Å². The highest BCUT2D eigenvalue weighted by molar-refractivity contribution is 6.42. The molecule has 9 heteroatoms. The van der Waals surface area contributed by atoms with E-state index in [2.05, 4.69) is 5.32 Å². The van der Waals surface area contributed by atoms with E-state index in [0.717, 1.165) is 11.1 Å². The van der Waals surface area contributed by atoms with Crippen molar-refractivity contribution in [1.82, 2.24) is 14.9 Å². The molecule has 0 aliphatic carbocycles. The number of carbonyl (C=O) groups excluding carboxylic acids is 1. The van der Waals surface area contributed by atoms with Crippen LogP contribution in [0.2, 0.25) is 20.1 Å². The van der Waals surface area contributed by atoms with E-state index in [9.17, 15) is 4.79 Å². The summed E-state index contributed by atoms with van der Waals surface area (Å²) >= 11 is 25.2. The standard InChI is InChI=1S/C21H21Cl4N3O2/c1-3-18(21(29)26-7-8-30-2)28-19-11-16(25)15(24)10-17(19)27-20(28)9-12-13(22)5-4-6-14(12)23/h4-6,10-11,18H,3,7-9H2,1-2H3,(H,26,29)/t18-/m0/s1. The van der Waals surface area contributed by atoms with Gasteiger partial charge in [0.05, 0.1) is 27.7 Å². The van der Waals surface area contributed by atoms with Crippen LogP contribution in [-0.2, 0) is 16.0 Å². The lowest BCUT2D eigenvalue weighted by atomic mass is 10.1. The summed E-state index contributed by atoms with van der Waals surface area (Å²) in [4.78, 5) is 17.7. The number of nitrogens with one attached hydrogen (secondary N) is 1. The first kappa shape index (κ1) is 23.2. The van der Waals surface area contributed by atoms with E-state index in [0.29, 0.717) is 57.4 Å². The van der Waals surface area contributed by atoms with Gasteiger partial charge >= 0.3 is 0 Å². The molecular weight excluding hydrogens is 468 g/mol. The first-order chi connectivity index (χ1) is 14.4. The van der Waals surface area contributed by atoms with E-state index in [1.54, 1.807) is 37.4 Å². The Balaban J connectivity index is 2.13. The molecule has 3 aromatic rings. The summed E-state index contributed by atoms with van der Waals surface area (Å²) < 4.78 is 6.92. The van der Waals surface area contributed by atoms with Gasteiger partial charge in [0.1, 0.15) is 11.9 Å². The Hall–Kier alpha value is -1.50. The Morgan fingerprint density at radius 2 is 1.80 bits per heavy atom. The highest BCUT2D eigenvalue weighted by atomic mass is 35.5. The second-order valence-corrected chi connectivity index (χ2v) is 8.37. The number of halogens is 4. The lowest BCUT2D eigenvalue weighted by Crippen LogP contribution is -2.35. The normalized spacial score (nSPS) is 12.3. The number of ether oxygens (including phenoxy) is 1. The van der Waals surface area contributed by atoms with Crippen molar-refractivity contribution in [2.24, 2.45) is 0 Å². The maximum absolute atomic E-state index is 13.0. The van der Waals surface area contributed by atoms with E-state index in [1.165, 1.54) is 0 Å². The van der Waals surface area contributed by atoms with Gasteiger partial charge in [-0.05, 0) is 36.2 Å². The summed E-state index contributed by atoms with van der Waals surface area (Å²) in [6.07, 6.45) is 0.901. The monoisotopic (exact) mass is 487 g/mol. The van der Waals surface area contributed by atoms with Gasteiger partial charge in [0.25, 0.3) is 0 Å². The number of imidazole rings is 1. The van der Waals surface area contributed by atoms with E-state index in [-0.39, 0.29) is 5.91 Å². The summed E-state index contributed by atoms with van der Waals surface area (Å²) in [5.74, 6) is 0.513. The molecule has 0 aliphatic rings. The van der Waals surface area contributed by atoms with E-state index in [4.69, 9.17) is 56.1 Å². The molecule has 0 aliphatic heterocycles. The first-order valence-electron chi connectivity index (χ1n) is 9.42. The molecule has 1 N–H and O–H groups in total. The molecule has 0 radical (unpaired) electrons. The molecule has 0 fully saturated rings. The molecule has 0 saturated carbocycles. The van der Waals surface area contributed by atoms with E-state index in [1.807, 2.05) is 11.5 Å². The van der Waals surface area contributed by atoms with Gasteiger partial charge in [-0.15, -0.1) is 0 Å². The lowest BCUT2D eigenvalue weighted by molar-refractivity contribution is -0.124. The Kier molecular flexibility index (Phi) is 7.88. The van der Waals surface area contributed by atoms with Crippen molar-refractivity contribution in [3.8, 4) is 0 Å². The minimum Gasteiger partial charge on any atom is -0.383 e. The minimum atomic E-state index is -0.500. The first-order valence-corrected chi connectivity index (χ1v) is 10.9. The van der Waals surface area contributed by atoms with Crippen LogP contribution >= 0.6 is 46.4 Å². The molecule has 1 aromatic heterocycles. The van der Waals surface area contributed by atoms with Crippen molar-refractivity contribution in [3.05, 3.63) is 61.8 Å². The van der Waals surface area contributed by atoms with Crippen LogP contribution in [0.15, 0.2) is 30.3 Å². The second kappa shape index (κ2) is 10.2. The zero-order valence-electron chi connectivity index (χ0n) is 16.5. The SMILES string of the molecule is CC[C@@H](C(=O)NCCOC)n1c(Cc2c(Cl)cccc2Cl)nc2cc(Cl)c(Cl)cc21. The Morgan fingerprint density at radius 3 is 2.43 bits per heavy atom. The number of methoxy groups -OCH3 is 1. The number of benzene rings is 2. The van der Waals surface area contributed by atoms with Gasteiger partial charge in [-0.3, -0.25) is 4.79 Å². The number of carbonyl (C=O) groups is 1. The summed E-state index contributed by atoms with van der Waals surface area (Å²) in [6, 6.07) is 8.27. The summed E-state index contributed by atoms with van der Waals surface area (Å²) in [5, 5.41) is 4.77. The zero-order chi connectivity index (χ0) is 21.8. The van der Waals surface area contributed by atoms with Gasteiger partial charge in [-0.1, -0.05) is 59.4 Å². The Morgan fingerprint density at radius 1 is 1.13 bits per heavy atom. The number of amides is 1. The van der Waals surface area contributed by atoms with Crippen molar-refractivity contribution in [2.75, 3.05) is 20.3 Å². The van der Waals surface area contributed by atoms with Crippen molar-refractivity contribution < 1.29 is 9.53 Å². The van der Waals surface area contributed by atoms with Crippen LogP contribution in [0.1, 0.15) is 30.8 Å². The maximum atomic E-state index is 13.0. The molecule has 2 aromatic carbocycles. The number of rotatable bonds is 8. The summed E-state index contributed by atoms with van der Waals surface area (Å²) in [6.45, 7) is 2.78. The number of nitrogens with zero attached hydrogens (tertiary/aromatic N) is 2. The summed E-state index contributed by atoms with van der Waals surface area (Å²) in [7, 11) is 1.59. The predicted octanol–water partition coefficient (Wildman–Crippen LogP) is 5.95. The average Bonchev–Trinajstić information content (AvgIpc) is 3.03. The fourth-order valence-electron chi connectivity index (χ4n) is 3.35. The molecule has 5 nitrogen and oxygen atoms in total. The quantitative estimate of drug-likeness (QED) is 0.398. The Bertz CT molecular complexity index is 1050. The molecule has 0 unspecified atom stereocenters. The highest BCUT2D eigenvalue weighted by Gasteiger charge is 2.25. The van der Waals surface area contributed by atoms with Crippen molar-refractivity contribution in [3.63, 3.8) is 0 Å². The molecule has 160 valence electrons. The molecule has 3 rings (SSSR count). The molecule has 1 heterocycles. The topological polar surface area (TPSA) is 56.1 Å². The molecule has 30 heavy (non-hydrogen) atoms. The third-order valence-electron chi connectivity index (χ3n) is 4.81. The number of hydrogen-bond donors (Lipinski definition) is 1. The van der Waals surface area contributed by atoms with Crippen LogP contribution in [0, 0.1) is 0 Å². The molecule has 1 amide bonds. The van der Waals surface area contributed by atoms with Crippen LogP contribution in [0.25, 0.3) is 11.0 Å². The van der Waals surface area contributed by atoms with Gasteiger partial charge in [-0.25, -0.2) is 4.98 Å². The maximum Gasteiger partial charge on any atom is 0.243 e. The van der Waals surface area contributed by atoms with Crippen molar-refractivity contribution in [2.45, 2.75) is 25.8 Å². The smallest absolute Gasteiger partial charge is 0.243 e. The average molecular weight is 489 g/mol. The summed E-state index contributed by atoms with van der Waals surface area (Å²) in [5.41, 5.74) is 2.10.